The lowest BCUT2D eigenvalue weighted by atomic mass is 10.3. The lowest BCUT2D eigenvalue weighted by Gasteiger charge is -2.34. The third-order valence-corrected chi connectivity index (χ3v) is 6.55. The van der Waals surface area contributed by atoms with E-state index >= 15 is 0 Å². The molecule has 2 amide bonds. The molecule has 0 aliphatic carbocycles. The fourth-order valence-electron chi connectivity index (χ4n) is 2.77. The first kappa shape index (κ1) is 23.2. The Morgan fingerprint density at radius 3 is 2.65 bits per heavy atom. The van der Waals surface area contributed by atoms with Crippen LogP contribution in [0.2, 0.25) is 0 Å². The number of nitrogens with one attached hydrogen (secondary N) is 1. The van der Waals surface area contributed by atoms with Crippen LogP contribution in [-0.2, 0) is 14.3 Å². The molecule has 168 valence electrons. The molecule has 0 atom stereocenters. The van der Waals surface area contributed by atoms with Gasteiger partial charge in [0, 0.05) is 39.8 Å². The van der Waals surface area contributed by atoms with E-state index in [1.54, 1.807) is 12.0 Å². The van der Waals surface area contributed by atoms with Gasteiger partial charge in [-0.1, -0.05) is 23.1 Å². The first-order valence-corrected chi connectivity index (χ1v) is 11.5. The minimum absolute atomic E-state index is 0.0752. The molecule has 1 aliphatic rings. The fraction of sp³-hybridized carbons (Fsp3) is 0.474. The highest BCUT2D eigenvalue weighted by molar-refractivity contribution is 8.01. The van der Waals surface area contributed by atoms with Gasteiger partial charge in [0.05, 0.1) is 12.4 Å². The molecule has 1 saturated heterocycles. The first-order valence-electron chi connectivity index (χ1n) is 9.68. The number of anilines is 1. The number of amides is 2. The van der Waals surface area contributed by atoms with E-state index in [9.17, 15) is 14.0 Å². The highest BCUT2D eigenvalue weighted by atomic mass is 32.2. The predicted octanol–water partition coefficient (Wildman–Crippen LogP) is 1.26. The molecule has 1 aliphatic heterocycles. The Labute approximate surface area is 187 Å². The Morgan fingerprint density at radius 2 is 1.94 bits per heavy atom. The van der Waals surface area contributed by atoms with Crippen LogP contribution in [0.3, 0.4) is 0 Å². The highest BCUT2D eigenvalue weighted by Crippen LogP contribution is 2.28. The van der Waals surface area contributed by atoms with E-state index < -0.39 is 0 Å². The number of carbonyl (C=O) groups excluding carboxylic acids is 2. The third kappa shape index (κ3) is 7.33. The molecule has 0 spiro atoms. The summed E-state index contributed by atoms with van der Waals surface area (Å²) < 4.78 is 24.0. The molecule has 0 radical (unpaired) electrons. The van der Waals surface area contributed by atoms with Gasteiger partial charge < -0.3 is 24.6 Å². The second-order valence-corrected chi connectivity index (χ2v) is 8.77. The van der Waals surface area contributed by atoms with Crippen LogP contribution >= 0.6 is 23.1 Å². The van der Waals surface area contributed by atoms with Crippen molar-refractivity contribution in [1.82, 2.24) is 20.4 Å². The zero-order valence-electron chi connectivity index (χ0n) is 17.1. The van der Waals surface area contributed by atoms with Crippen molar-refractivity contribution in [1.29, 1.82) is 0 Å². The monoisotopic (exact) mass is 469 g/mol. The van der Waals surface area contributed by atoms with Gasteiger partial charge in [0.25, 0.3) is 5.91 Å². The summed E-state index contributed by atoms with van der Waals surface area (Å²) in [4.78, 5) is 27.9. The number of rotatable bonds is 10. The Hall–Kier alpha value is -2.44. The van der Waals surface area contributed by atoms with Crippen LogP contribution in [-0.4, -0.2) is 85.7 Å². The summed E-state index contributed by atoms with van der Waals surface area (Å²) in [6, 6.07) is 5.58. The standard InChI is InChI=1S/C19H24FN5O4S2/c1-28-11-6-21-16(26)13-30-19-23-22-18(31-19)25-9-7-24(8-10-25)17(27)12-29-15-4-2-14(20)3-5-15/h2-5H,6-13H2,1H3,(H,21,26). The maximum absolute atomic E-state index is 12.9. The van der Waals surface area contributed by atoms with Crippen LogP contribution < -0.4 is 15.0 Å². The predicted molar refractivity (Wildman–Crippen MR) is 116 cm³/mol. The molecule has 1 aromatic heterocycles. The van der Waals surface area contributed by atoms with Crippen molar-refractivity contribution in [2.24, 2.45) is 0 Å². The van der Waals surface area contributed by atoms with Crippen LogP contribution in [0.25, 0.3) is 0 Å². The summed E-state index contributed by atoms with van der Waals surface area (Å²) in [6.07, 6.45) is 0. The first-order chi connectivity index (χ1) is 15.0. The van der Waals surface area contributed by atoms with Crippen molar-refractivity contribution < 1.29 is 23.5 Å². The van der Waals surface area contributed by atoms with E-state index in [4.69, 9.17) is 9.47 Å². The van der Waals surface area contributed by atoms with E-state index in [0.29, 0.717) is 45.1 Å². The number of thioether (sulfide) groups is 1. The number of nitrogens with zero attached hydrogens (tertiary/aromatic N) is 4. The van der Waals surface area contributed by atoms with Crippen LogP contribution in [0.1, 0.15) is 0 Å². The fourth-order valence-corrected chi connectivity index (χ4v) is 4.50. The molecule has 31 heavy (non-hydrogen) atoms. The third-order valence-electron chi connectivity index (χ3n) is 4.43. The summed E-state index contributed by atoms with van der Waals surface area (Å²) in [5.74, 6) is 0.193. The topological polar surface area (TPSA) is 96.9 Å². The van der Waals surface area contributed by atoms with Crippen molar-refractivity contribution in [3.63, 3.8) is 0 Å². The maximum atomic E-state index is 12.9. The van der Waals surface area contributed by atoms with Crippen LogP contribution in [0.4, 0.5) is 9.52 Å². The normalized spacial score (nSPS) is 13.9. The lowest BCUT2D eigenvalue weighted by Crippen LogP contribution is -2.50. The molecule has 0 bridgehead atoms. The van der Waals surface area contributed by atoms with Crippen molar-refractivity contribution in [2.45, 2.75) is 4.34 Å². The summed E-state index contributed by atoms with van der Waals surface area (Å²) in [5.41, 5.74) is 0. The Kier molecular flexibility index (Phi) is 8.85. The number of carbonyl (C=O) groups is 2. The summed E-state index contributed by atoms with van der Waals surface area (Å²) in [7, 11) is 1.58. The van der Waals surface area contributed by atoms with Crippen molar-refractivity contribution in [3.8, 4) is 5.75 Å². The Morgan fingerprint density at radius 1 is 1.19 bits per heavy atom. The molecule has 1 N–H and O–H groups in total. The van der Waals surface area contributed by atoms with E-state index in [1.165, 1.54) is 47.4 Å². The summed E-state index contributed by atoms with van der Waals surface area (Å²) in [6.45, 7) is 3.25. The molecule has 3 rings (SSSR count). The van der Waals surface area contributed by atoms with E-state index in [2.05, 4.69) is 20.4 Å². The minimum atomic E-state index is -0.349. The van der Waals surface area contributed by atoms with Gasteiger partial charge >= 0.3 is 0 Å². The number of hydrogen-bond acceptors (Lipinski definition) is 9. The summed E-state index contributed by atoms with van der Waals surface area (Å²) >= 11 is 2.77. The van der Waals surface area contributed by atoms with Crippen molar-refractivity contribution >= 4 is 40.0 Å². The van der Waals surface area contributed by atoms with Gasteiger partial charge in [0.15, 0.2) is 10.9 Å². The average Bonchev–Trinajstić information content (AvgIpc) is 3.26. The van der Waals surface area contributed by atoms with Crippen molar-refractivity contribution in [3.05, 3.63) is 30.1 Å². The quantitative estimate of drug-likeness (QED) is 0.410. The van der Waals surface area contributed by atoms with Gasteiger partial charge in [-0.05, 0) is 24.3 Å². The van der Waals surface area contributed by atoms with E-state index in [-0.39, 0.29) is 30.0 Å². The van der Waals surface area contributed by atoms with Gasteiger partial charge in [0.1, 0.15) is 11.6 Å². The maximum Gasteiger partial charge on any atom is 0.260 e. The van der Waals surface area contributed by atoms with Crippen LogP contribution in [0.5, 0.6) is 5.75 Å². The van der Waals surface area contributed by atoms with Gasteiger partial charge in [-0.15, -0.1) is 10.2 Å². The van der Waals surface area contributed by atoms with Crippen LogP contribution in [0, 0.1) is 5.82 Å². The minimum Gasteiger partial charge on any atom is -0.484 e. The molecule has 1 fully saturated rings. The number of hydrogen-bond donors (Lipinski definition) is 1. The number of benzene rings is 1. The van der Waals surface area contributed by atoms with Crippen molar-refractivity contribution in [2.75, 3.05) is 63.7 Å². The molecule has 12 heteroatoms. The van der Waals surface area contributed by atoms with Gasteiger partial charge in [-0.2, -0.15) is 0 Å². The average molecular weight is 470 g/mol. The molecular formula is C19H24FN5O4S2. The molecular weight excluding hydrogens is 445 g/mol. The highest BCUT2D eigenvalue weighted by Gasteiger charge is 2.23. The molecule has 2 heterocycles. The Balaban J connectivity index is 1.38. The number of piperazine rings is 1. The number of ether oxygens (including phenoxy) is 2. The second kappa shape index (κ2) is 11.8. The molecule has 0 unspecified atom stereocenters. The number of methoxy groups -OCH3 is 1. The van der Waals surface area contributed by atoms with Crippen LogP contribution in [0.15, 0.2) is 28.6 Å². The van der Waals surface area contributed by atoms with E-state index in [0.717, 1.165) is 9.47 Å². The number of aromatic nitrogens is 2. The SMILES string of the molecule is COCCNC(=O)CSc1nnc(N2CCN(C(=O)COc3ccc(F)cc3)CC2)s1. The van der Waals surface area contributed by atoms with Gasteiger partial charge in [-0.3, -0.25) is 9.59 Å². The summed E-state index contributed by atoms with van der Waals surface area (Å²) in [5, 5.41) is 11.9. The smallest absolute Gasteiger partial charge is 0.260 e. The van der Waals surface area contributed by atoms with Gasteiger partial charge in [0.2, 0.25) is 11.0 Å². The zero-order valence-corrected chi connectivity index (χ0v) is 18.7. The molecule has 0 saturated carbocycles. The second-order valence-electron chi connectivity index (χ2n) is 6.59. The largest absolute Gasteiger partial charge is 0.484 e. The van der Waals surface area contributed by atoms with E-state index in [1.807, 2.05) is 0 Å². The molecule has 9 nitrogen and oxygen atoms in total. The Bertz CT molecular complexity index is 859. The zero-order chi connectivity index (χ0) is 22.1. The number of halogens is 1. The lowest BCUT2D eigenvalue weighted by molar-refractivity contribution is -0.133. The molecule has 2 aromatic rings. The van der Waals surface area contributed by atoms with Gasteiger partial charge in [-0.25, -0.2) is 4.39 Å². The molecule has 1 aromatic carbocycles.